The molecule has 0 heterocycles. The maximum Gasteiger partial charge on any atom is 0.256 e. The molecule has 3 rings (SSSR count). The summed E-state index contributed by atoms with van der Waals surface area (Å²) in [5.41, 5.74) is 5.19. The predicted molar refractivity (Wildman–Crippen MR) is 80.3 cm³/mol. The van der Waals surface area contributed by atoms with Gasteiger partial charge in [-0.1, -0.05) is 6.07 Å². The molecule has 108 valence electrons. The summed E-state index contributed by atoms with van der Waals surface area (Å²) in [5.74, 6) is 7.13. The second-order valence-electron chi connectivity index (χ2n) is 6.29. The topological polar surface area (TPSA) is 58.4 Å². The molecule has 0 bridgehead atoms. The third kappa shape index (κ3) is 3.12. The molecule has 3 N–H and O–H groups in total. The summed E-state index contributed by atoms with van der Waals surface area (Å²) in [6, 6.07) is 5.79. The first-order valence-electron chi connectivity index (χ1n) is 7.54. The highest BCUT2D eigenvalue weighted by molar-refractivity contribution is 5.99. The number of hydrazine groups is 1. The van der Waals surface area contributed by atoms with Crippen molar-refractivity contribution >= 4 is 11.6 Å². The minimum Gasteiger partial charge on any atom is -0.338 e. The summed E-state index contributed by atoms with van der Waals surface area (Å²) in [7, 11) is 0. The normalized spacial score (nSPS) is 17.9. The fraction of sp³-hybridized carbons (Fsp3) is 0.562. The van der Waals surface area contributed by atoms with E-state index in [2.05, 4.69) is 5.43 Å². The van der Waals surface area contributed by atoms with Crippen molar-refractivity contribution in [2.45, 2.75) is 32.6 Å². The molecule has 20 heavy (non-hydrogen) atoms. The van der Waals surface area contributed by atoms with Crippen molar-refractivity contribution < 1.29 is 4.79 Å². The van der Waals surface area contributed by atoms with Crippen LogP contribution in [-0.2, 0) is 0 Å². The van der Waals surface area contributed by atoms with Gasteiger partial charge in [0.15, 0.2) is 0 Å². The minimum atomic E-state index is 0.122. The molecule has 0 saturated heterocycles. The number of hydrogen-bond donors (Lipinski definition) is 2. The average Bonchev–Trinajstić information content (AvgIpc) is 3.32. The molecule has 2 aliphatic rings. The van der Waals surface area contributed by atoms with Crippen molar-refractivity contribution in [1.82, 2.24) is 4.90 Å². The molecule has 2 aliphatic carbocycles. The smallest absolute Gasteiger partial charge is 0.256 e. The summed E-state index contributed by atoms with van der Waals surface area (Å²) >= 11 is 0. The number of benzene rings is 1. The Morgan fingerprint density at radius 2 is 1.85 bits per heavy atom. The van der Waals surface area contributed by atoms with E-state index in [4.69, 9.17) is 5.84 Å². The van der Waals surface area contributed by atoms with Crippen LogP contribution in [0.4, 0.5) is 5.69 Å². The summed E-state index contributed by atoms with van der Waals surface area (Å²) in [4.78, 5) is 14.8. The molecule has 2 fully saturated rings. The molecule has 4 heteroatoms. The monoisotopic (exact) mass is 273 g/mol. The largest absolute Gasteiger partial charge is 0.338 e. The number of anilines is 1. The molecule has 0 unspecified atom stereocenters. The highest BCUT2D eigenvalue weighted by Gasteiger charge is 2.32. The van der Waals surface area contributed by atoms with E-state index in [1.54, 1.807) is 0 Å². The lowest BCUT2D eigenvalue weighted by molar-refractivity contribution is 0.0740. The first kappa shape index (κ1) is 13.4. The maximum atomic E-state index is 12.8. The van der Waals surface area contributed by atoms with Gasteiger partial charge in [0.05, 0.1) is 11.3 Å². The summed E-state index contributed by atoms with van der Waals surface area (Å²) in [6.07, 6.45) is 5.07. The minimum absolute atomic E-state index is 0.122. The highest BCUT2D eigenvalue weighted by atomic mass is 16.2. The Morgan fingerprint density at radius 3 is 2.35 bits per heavy atom. The zero-order valence-corrected chi connectivity index (χ0v) is 12.1. The number of carbonyl (C=O) groups is 1. The fourth-order valence-corrected chi connectivity index (χ4v) is 2.60. The Labute approximate surface area is 120 Å². The van der Waals surface area contributed by atoms with E-state index in [-0.39, 0.29) is 5.91 Å². The van der Waals surface area contributed by atoms with Gasteiger partial charge in [0.25, 0.3) is 5.91 Å². The van der Waals surface area contributed by atoms with Crippen molar-refractivity contribution in [3.8, 4) is 0 Å². The number of rotatable bonds is 6. The molecule has 1 aromatic carbocycles. The van der Waals surface area contributed by atoms with Crippen molar-refractivity contribution in [2.24, 2.45) is 17.7 Å². The standard InChI is InChI=1S/C16H23N3O/c1-11-2-7-14(15(8-11)18-17)16(20)19(9-12-3-4-12)10-13-5-6-13/h2,7-8,12-13,18H,3-6,9-10,17H2,1H3. The van der Waals surface area contributed by atoms with Gasteiger partial charge in [0.2, 0.25) is 0 Å². The third-order valence-electron chi connectivity index (χ3n) is 4.20. The summed E-state index contributed by atoms with van der Waals surface area (Å²) < 4.78 is 0. The molecular weight excluding hydrogens is 250 g/mol. The lowest BCUT2D eigenvalue weighted by Gasteiger charge is -2.24. The van der Waals surface area contributed by atoms with E-state index in [1.807, 2.05) is 30.0 Å². The number of nitrogen functional groups attached to an aromatic ring is 1. The maximum absolute atomic E-state index is 12.8. The Morgan fingerprint density at radius 1 is 1.25 bits per heavy atom. The lowest BCUT2D eigenvalue weighted by atomic mass is 10.1. The molecule has 2 saturated carbocycles. The Kier molecular flexibility index (Phi) is 3.66. The zero-order valence-electron chi connectivity index (χ0n) is 12.1. The fourth-order valence-electron chi connectivity index (χ4n) is 2.60. The van der Waals surface area contributed by atoms with Gasteiger partial charge < -0.3 is 10.3 Å². The number of nitrogens with one attached hydrogen (secondary N) is 1. The molecular formula is C16H23N3O. The average molecular weight is 273 g/mol. The van der Waals surface area contributed by atoms with Crippen LogP contribution in [0.25, 0.3) is 0 Å². The first-order chi connectivity index (χ1) is 9.67. The highest BCUT2D eigenvalue weighted by Crippen LogP contribution is 2.34. The van der Waals surface area contributed by atoms with Crippen molar-refractivity contribution in [1.29, 1.82) is 0 Å². The third-order valence-corrected chi connectivity index (χ3v) is 4.20. The Hall–Kier alpha value is -1.55. The van der Waals surface area contributed by atoms with Crippen molar-refractivity contribution in [3.05, 3.63) is 29.3 Å². The van der Waals surface area contributed by atoms with Gasteiger partial charge in [-0.25, -0.2) is 0 Å². The number of nitrogens with zero attached hydrogens (tertiary/aromatic N) is 1. The van der Waals surface area contributed by atoms with Crippen LogP contribution >= 0.6 is 0 Å². The Bertz CT molecular complexity index is 492. The summed E-state index contributed by atoms with van der Waals surface area (Å²) in [6.45, 7) is 3.82. The van der Waals surface area contributed by atoms with Crippen LogP contribution in [0.1, 0.15) is 41.6 Å². The van der Waals surface area contributed by atoms with Gasteiger partial charge in [-0.2, -0.15) is 0 Å². The second-order valence-corrected chi connectivity index (χ2v) is 6.29. The second kappa shape index (κ2) is 5.44. The zero-order chi connectivity index (χ0) is 14.1. The quantitative estimate of drug-likeness (QED) is 0.618. The van der Waals surface area contributed by atoms with Gasteiger partial charge in [0.1, 0.15) is 0 Å². The summed E-state index contributed by atoms with van der Waals surface area (Å²) in [5, 5.41) is 0. The number of aryl methyl sites for hydroxylation is 1. The van der Waals surface area contributed by atoms with E-state index in [0.717, 1.165) is 36.2 Å². The number of amides is 1. The number of nitrogens with two attached hydrogens (primary N) is 1. The van der Waals surface area contributed by atoms with Gasteiger partial charge in [-0.15, -0.1) is 0 Å². The lowest BCUT2D eigenvalue weighted by Crippen LogP contribution is -2.35. The van der Waals surface area contributed by atoms with E-state index in [9.17, 15) is 4.79 Å². The van der Waals surface area contributed by atoms with Crippen molar-refractivity contribution in [3.63, 3.8) is 0 Å². The predicted octanol–water partition coefficient (Wildman–Crippen LogP) is 2.54. The van der Waals surface area contributed by atoms with Gasteiger partial charge in [-0.05, 0) is 62.1 Å². The Balaban J connectivity index is 1.79. The molecule has 1 amide bonds. The molecule has 0 aromatic heterocycles. The van der Waals surface area contributed by atoms with Gasteiger partial charge >= 0.3 is 0 Å². The van der Waals surface area contributed by atoms with Gasteiger partial charge in [0, 0.05) is 13.1 Å². The van der Waals surface area contributed by atoms with Crippen molar-refractivity contribution in [2.75, 3.05) is 18.5 Å². The molecule has 4 nitrogen and oxygen atoms in total. The van der Waals surface area contributed by atoms with Crippen LogP contribution in [0.15, 0.2) is 18.2 Å². The van der Waals surface area contributed by atoms with Crippen LogP contribution in [0.3, 0.4) is 0 Å². The first-order valence-corrected chi connectivity index (χ1v) is 7.54. The number of hydrogen-bond acceptors (Lipinski definition) is 3. The van der Waals surface area contributed by atoms with Crippen LogP contribution < -0.4 is 11.3 Å². The molecule has 1 aromatic rings. The molecule has 0 atom stereocenters. The van der Waals surface area contributed by atoms with Crippen LogP contribution in [0.2, 0.25) is 0 Å². The molecule has 0 aliphatic heterocycles. The van der Waals surface area contributed by atoms with E-state index in [0.29, 0.717) is 5.56 Å². The van der Waals surface area contributed by atoms with E-state index < -0.39 is 0 Å². The van der Waals surface area contributed by atoms with Gasteiger partial charge in [-0.3, -0.25) is 10.6 Å². The van der Waals surface area contributed by atoms with E-state index in [1.165, 1.54) is 25.7 Å². The van der Waals surface area contributed by atoms with Crippen LogP contribution in [-0.4, -0.2) is 23.9 Å². The van der Waals surface area contributed by atoms with Crippen LogP contribution in [0.5, 0.6) is 0 Å². The van der Waals surface area contributed by atoms with Crippen LogP contribution in [0, 0.1) is 18.8 Å². The SMILES string of the molecule is Cc1ccc(C(=O)N(CC2CC2)CC2CC2)c(NN)c1. The van der Waals surface area contributed by atoms with E-state index >= 15 is 0 Å². The number of carbonyl (C=O) groups excluding carboxylic acids is 1. The molecule has 0 spiro atoms. The molecule has 0 radical (unpaired) electrons.